The molecule has 1 aliphatic rings. The molecule has 27 heavy (non-hydrogen) atoms. The first-order valence-electron chi connectivity index (χ1n) is 9.03. The molecule has 0 radical (unpaired) electrons. The number of carbonyl (C=O) groups is 2. The fraction of sp³-hybridized carbons (Fsp3) is 0.400. The minimum Gasteiger partial charge on any atom is -0.496 e. The molecule has 142 valence electrons. The second kappa shape index (κ2) is 8.16. The van der Waals surface area contributed by atoms with Crippen molar-refractivity contribution >= 4 is 11.8 Å². The highest BCUT2D eigenvalue weighted by molar-refractivity contribution is 5.95. The van der Waals surface area contributed by atoms with Crippen molar-refractivity contribution in [2.45, 2.75) is 19.8 Å². The molecule has 1 fully saturated rings. The molecule has 7 nitrogen and oxygen atoms in total. The average Bonchev–Trinajstić information content (AvgIpc) is 2.73. The molecule has 1 saturated heterocycles. The highest BCUT2D eigenvalue weighted by Crippen LogP contribution is 2.28. The quantitative estimate of drug-likeness (QED) is 0.827. The number of ether oxygens (including phenoxy) is 1. The van der Waals surface area contributed by atoms with Crippen LogP contribution in [-0.2, 0) is 0 Å². The summed E-state index contributed by atoms with van der Waals surface area (Å²) in [6.07, 6.45) is 4.50. The van der Waals surface area contributed by atoms with E-state index in [0.717, 1.165) is 11.3 Å². The third-order valence-electron chi connectivity index (χ3n) is 4.74. The van der Waals surface area contributed by atoms with Crippen LogP contribution in [0.15, 0.2) is 36.8 Å². The van der Waals surface area contributed by atoms with Gasteiger partial charge in [-0.05, 0) is 29.7 Å². The Morgan fingerprint density at radius 3 is 2.26 bits per heavy atom. The Morgan fingerprint density at radius 2 is 1.70 bits per heavy atom. The summed E-state index contributed by atoms with van der Waals surface area (Å²) >= 11 is 0. The van der Waals surface area contributed by atoms with Gasteiger partial charge < -0.3 is 14.5 Å². The third-order valence-corrected chi connectivity index (χ3v) is 4.74. The number of hydrogen-bond acceptors (Lipinski definition) is 5. The predicted molar refractivity (Wildman–Crippen MR) is 101 cm³/mol. The molecule has 2 heterocycles. The van der Waals surface area contributed by atoms with Crippen LogP contribution in [0.25, 0.3) is 0 Å². The van der Waals surface area contributed by atoms with Crippen LogP contribution in [0, 0.1) is 0 Å². The zero-order valence-corrected chi connectivity index (χ0v) is 15.9. The summed E-state index contributed by atoms with van der Waals surface area (Å²) in [4.78, 5) is 36.8. The van der Waals surface area contributed by atoms with Crippen LogP contribution in [-0.4, -0.2) is 64.9 Å². The summed E-state index contributed by atoms with van der Waals surface area (Å²) in [7, 11) is 1.63. The van der Waals surface area contributed by atoms with Crippen molar-refractivity contribution in [3.05, 3.63) is 53.6 Å². The summed E-state index contributed by atoms with van der Waals surface area (Å²) in [5, 5.41) is 0. The van der Waals surface area contributed by atoms with E-state index in [0.29, 0.717) is 37.4 Å². The molecule has 2 aromatic rings. The van der Waals surface area contributed by atoms with E-state index in [1.54, 1.807) is 23.0 Å². The minimum absolute atomic E-state index is 0.0221. The Kier molecular flexibility index (Phi) is 5.69. The second-order valence-corrected chi connectivity index (χ2v) is 6.79. The van der Waals surface area contributed by atoms with E-state index in [1.165, 1.54) is 18.6 Å². The Bertz CT molecular complexity index is 815. The molecule has 0 spiro atoms. The lowest BCUT2D eigenvalue weighted by Crippen LogP contribution is -2.50. The zero-order chi connectivity index (χ0) is 19.4. The Morgan fingerprint density at radius 1 is 1.04 bits per heavy atom. The number of benzene rings is 1. The van der Waals surface area contributed by atoms with Crippen LogP contribution in [0.1, 0.15) is 46.2 Å². The van der Waals surface area contributed by atoms with Gasteiger partial charge in [-0.1, -0.05) is 13.8 Å². The number of piperazine rings is 1. The molecular weight excluding hydrogens is 344 g/mol. The highest BCUT2D eigenvalue weighted by atomic mass is 16.5. The highest BCUT2D eigenvalue weighted by Gasteiger charge is 2.26. The van der Waals surface area contributed by atoms with Crippen molar-refractivity contribution in [3.63, 3.8) is 0 Å². The number of nitrogens with zero attached hydrogens (tertiary/aromatic N) is 4. The molecule has 7 heteroatoms. The van der Waals surface area contributed by atoms with Gasteiger partial charge in [0, 0.05) is 44.1 Å². The first-order chi connectivity index (χ1) is 13.0. The van der Waals surface area contributed by atoms with Crippen molar-refractivity contribution in [1.29, 1.82) is 0 Å². The summed E-state index contributed by atoms with van der Waals surface area (Å²) < 4.78 is 5.39. The van der Waals surface area contributed by atoms with Crippen LogP contribution in [0.4, 0.5) is 0 Å². The molecule has 0 N–H and O–H groups in total. The lowest BCUT2D eigenvalue weighted by atomic mass is 9.99. The molecule has 0 saturated carbocycles. The van der Waals surface area contributed by atoms with Gasteiger partial charge in [-0.25, -0.2) is 4.98 Å². The average molecular weight is 368 g/mol. The standard InChI is InChI=1S/C20H24N4O3/c1-14(2)16-12-15(4-5-18(16)27-3)19(25)23-8-10-24(11-9-23)20(26)17-13-21-6-7-22-17/h4-7,12-14H,8-11H2,1-3H3. The van der Waals surface area contributed by atoms with Gasteiger partial charge in [-0.3, -0.25) is 14.6 Å². The SMILES string of the molecule is COc1ccc(C(=O)N2CCN(C(=O)c3cnccn3)CC2)cc1C(C)C. The summed E-state index contributed by atoms with van der Waals surface area (Å²) in [6.45, 7) is 6.09. The molecule has 0 aliphatic carbocycles. The smallest absolute Gasteiger partial charge is 0.274 e. The maximum absolute atomic E-state index is 12.9. The first-order valence-corrected chi connectivity index (χ1v) is 9.03. The first kappa shape index (κ1) is 18.8. The van der Waals surface area contributed by atoms with Crippen molar-refractivity contribution in [2.24, 2.45) is 0 Å². The van der Waals surface area contributed by atoms with E-state index >= 15 is 0 Å². The summed E-state index contributed by atoms with van der Waals surface area (Å²) in [6, 6.07) is 5.55. The molecule has 3 rings (SSSR count). The maximum Gasteiger partial charge on any atom is 0.274 e. The van der Waals surface area contributed by atoms with Gasteiger partial charge in [-0.15, -0.1) is 0 Å². The van der Waals surface area contributed by atoms with E-state index in [1.807, 2.05) is 12.1 Å². The Balaban J connectivity index is 1.67. The van der Waals surface area contributed by atoms with E-state index in [-0.39, 0.29) is 17.7 Å². The molecule has 0 atom stereocenters. The van der Waals surface area contributed by atoms with Crippen LogP contribution >= 0.6 is 0 Å². The van der Waals surface area contributed by atoms with Gasteiger partial charge in [0.15, 0.2) is 0 Å². The number of hydrogen-bond donors (Lipinski definition) is 0. The fourth-order valence-corrected chi connectivity index (χ4v) is 3.19. The van der Waals surface area contributed by atoms with E-state index < -0.39 is 0 Å². The van der Waals surface area contributed by atoms with Crippen LogP contribution in [0.3, 0.4) is 0 Å². The maximum atomic E-state index is 12.9. The topological polar surface area (TPSA) is 75.6 Å². The molecule has 0 bridgehead atoms. The van der Waals surface area contributed by atoms with Gasteiger partial charge in [0.25, 0.3) is 11.8 Å². The fourth-order valence-electron chi connectivity index (χ4n) is 3.19. The number of aromatic nitrogens is 2. The number of carbonyl (C=O) groups excluding carboxylic acids is 2. The molecule has 2 amide bonds. The van der Waals surface area contributed by atoms with Crippen LogP contribution in [0.5, 0.6) is 5.75 Å². The summed E-state index contributed by atoms with van der Waals surface area (Å²) in [5.41, 5.74) is 1.99. The van der Waals surface area contributed by atoms with Crippen LogP contribution in [0.2, 0.25) is 0 Å². The van der Waals surface area contributed by atoms with Crippen molar-refractivity contribution in [1.82, 2.24) is 19.8 Å². The molecule has 0 unspecified atom stereocenters. The van der Waals surface area contributed by atoms with Crippen molar-refractivity contribution in [3.8, 4) is 5.75 Å². The van der Waals surface area contributed by atoms with E-state index in [4.69, 9.17) is 4.74 Å². The van der Waals surface area contributed by atoms with Crippen molar-refractivity contribution in [2.75, 3.05) is 33.3 Å². The number of methoxy groups -OCH3 is 1. The van der Waals surface area contributed by atoms with Crippen LogP contribution < -0.4 is 4.74 Å². The van der Waals surface area contributed by atoms with Gasteiger partial charge in [0.1, 0.15) is 11.4 Å². The molecule has 1 aromatic carbocycles. The largest absolute Gasteiger partial charge is 0.496 e. The normalized spacial score (nSPS) is 14.4. The van der Waals surface area contributed by atoms with E-state index in [9.17, 15) is 9.59 Å². The van der Waals surface area contributed by atoms with E-state index in [2.05, 4.69) is 23.8 Å². The summed E-state index contributed by atoms with van der Waals surface area (Å²) in [5.74, 6) is 0.878. The zero-order valence-electron chi connectivity index (χ0n) is 15.9. The number of amides is 2. The third kappa shape index (κ3) is 4.07. The minimum atomic E-state index is -0.151. The lowest BCUT2D eigenvalue weighted by molar-refractivity contribution is 0.0532. The second-order valence-electron chi connectivity index (χ2n) is 6.79. The predicted octanol–water partition coefficient (Wildman–Crippen LogP) is 2.21. The number of rotatable bonds is 4. The Labute approximate surface area is 159 Å². The van der Waals surface area contributed by atoms with Gasteiger partial charge >= 0.3 is 0 Å². The molecule has 1 aliphatic heterocycles. The van der Waals surface area contributed by atoms with Crippen molar-refractivity contribution < 1.29 is 14.3 Å². The molecule has 1 aromatic heterocycles. The molecular formula is C20H24N4O3. The van der Waals surface area contributed by atoms with Gasteiger partial charge in [0.2, 0.25) is 0 Å². The monoisotopic (exact) mass is 368 g/mol. The van der Waals surface area contributed by atoms with Gasteiger partial charge in [0.05, 0.1) is 13.3 Å². The van der Waals surface area contributed by atoms with Gasteiger partial charge in [-0.2, -0.15) is 0 Å². The lowest BCUT2D eigenvalue weighted by Gasteiger charge is -2.34. The Hall–Kier alpha value is -2.96.